The average molecular weight is 399 g/mol. The average Bonchev–Trinajstić information content (AvgIpc) is 2.80. The van der Waals surface area contributed by atoms with Gasteiger partial charge >= 0.3 is 0 Å². The quantitative estimate of drug-likeness (QED) is 0.267. The molecular weight excluding hydrogens is 360 g/mol. The molecule has 0 heteroatoms. The van der Waals surface area contributed by atoms with Crippen molar-refractivity contribution in [3.05, 3.63) is 83.9 Å². The SMILES string of the molecule is CCCCCCc1ccccc1-c1ccccc1-c1ccccc1CCCCCC. The molecule has 30 heavy (non-hydrogen) atoms. The number of unbranched alkanes of at least 4 members (excludes halogenated alkanes) is 6. The first-order valence-corrected chi connectivity index (χ1v) is 12.1. The second-order valence-corrected chi connectivity index (χ2v) is 8.48. The van der Waals surface area contributed by atoms with Crippen LogP contribution in [0.15, 0.2) is 72.8 Å². The Labute approximate surface area is 184 Å². The van der Waals surface area contributed by atoms with Crippen LogP contribution in [0, 0.1) is 0 Å². The Morgan fingerprint density at radius 1 is 0.400 bits per heavy atom. The topological polar surface area (TPSA) is 0 Å². The number of benzene rings is 3. The van der Waals surface area contributed by atoms with E-state index in [9.17, 15) is 0 Å². The first kappa shape index (κ1) is 22.3. The van der Waals surface area contributed by atoms with E-state index in [2.05, 4.69) is 86.6 Å². The minimum atomic E-state index is 1.17. The summed E-state index contributed by atoms with van der Waals surface area (Å²) in [5, 5.41) is 0. The monoisotopic (exact) mass is 398 g/mol. The van der Waals surface area contributed by atoms with Crippen molar-refractivity contribution in [3.8, 4) is 22.3 Å². The van der Waals surface area contributed by atoms with Crippen LogP contribution in [0.25, 0.3) is 22.3 Å². The summed E-state index contributed by atoms with van der Waals surface area (Å²) in [6.45, 7) is 4.56. The highest BCUT2D eigenvalue weighted by Crippen LogP contribution is 2.36. The van der Waals surface area contributed by atoms with Crippen LogP contribution in [-0.2, 0) is 12.8 Å². The minimum Gasteiger partial charge on any atom is -0.0654 e. The maximum atomic E-state index is 2.33. The van der Waals surface area contributed by atoms with Gasteiger partial charge in [0.15, 0.2) is 0 Å². The van der Waals surface area contributed by atoms with Crippen molar-refractivity contribution >= 4 is 0 Å². The molecule has 0 aliphatic rings. The molecule has 0 unspecified atom stereocenters. The number of aryl methyl sites for hydroxylation is 2. The molecular formula is C30H38. The van der Waals surface area contributed by atoms with E-state index >= 15 is 0 Å². The van der Waals surface area contributed by atoms with E-state index in [1.54, 1.807) is 0 Å². The van der Waals surface area contributed by atoms with Gasteiger partial charge in [-0.3, -0.25) is 0 Å². The molecule has 0 fully saturated rings. The highest BCUT2D eigenvalue weighted by Gasteiger charge is 2.13. The predicted molar refractivity (Wildman–Crippen MR) is 133 cm³/mol. The van der Waals surface area contributed by atoms with Gasteiger partial charge < -0.3 is 0 Å². The van der Waals surface area contributed by atoms with Crippen molar-refractivity contribution in [2.24, 2.45) is 0 Å². The molecule has 0 aromatic heterocycles. The Bertz CT molecular complexity index is 815. The third-order valence-electron chi connectivity index (χ3n) is 6.14. The Morgan fingerprint density at radius 2 is 0.767 bits per heavy atom. The fourth-order valence-corrected chi connectivity index (χ4v) is 4.44. The lowest BCUT2D eigenvalue weighted by Gasteiger charge is -2.17. The van der Waals surface area contributed by atoms with Crippen molar-refractivity contribution in [1.29, 1.82) is 0 Å². The zero-order valence-electron chi connectivity index (χ0n) is 19.0. The highest BCUT2D eigenvalue weighted by atomic mass is 14.2. The van der Waals surface area contributed by atoms with Crippen LogP contribution in [0.3, 0.4) is 0 Å². The predicted octanol–water partition coefficient (Wildman–Crippen LogP) is 9.27. The van der Waals surface area contributed by atoms with Crippen LogP contribution in [0.4, 0.5) is 0 Å². The number of hydrogen-bond acceptors (Lipinski definition) is 0. The van der Waals surface area contributed by atoms with Crippen molar-refractivity contribution in [2.45, 2.75) is 78.1 Å². The summed E-state index contributed by atoms with van der Waals surface area (Å²) in [4.78, 5) is 0. The van der Waals surface area contributed by atoms with Gasteiger partial charge in [-0.25, -0.2) is 0 Å². The van der Waals surface area contributed by atoms with Gasteiger partial charge in [0.05, 0.1) is 0 Å². The van der Waals surface area contributed by atoms with E-state index in [1.807, 2.05) is 0 Å². The van der Waals surface area contributed by atoms with E-state index in [0.29, 0.717) is 0 Å². The fourth-order valence-electron chi connectivity index (χ4n) is 4.44. The normalized spacial score (nSPS) is 11.0. The third kappa shape index (κ3) is 6.08. The molecule has 3 aromatic carbocycles. The van der Waals surface area contributed by atoms with Gasteiger partial charge in [-0.1, -0.05) is 125 Å². The summed E-state index contributed by atoms with van der Waals surface area (Å²) in [5.41, 5.74) is 8.55. The Hall–Kier alpha value is -2.34. The summed E-state index contributed by atoms with van der Waals surface area (Å²) in [7, 11) is 0. The van der Waals surface area contributed by atoms with Gasteiger partial charge in [0.1, 0.15) is 0 Å². The minimum absolute atomic E-state index is 1.17. The lowest BCUT2D eigenvalue weighted by atomic mass is 9.87. The summed E-state index contributed by atoms with van der Waals surface area (Å²) in [6.07, 6.45) is 12.8. The zero-order chi connectivity index (χ0) is 21.0. The van der Waals surface area contributed by atoms with Gasteiger partial charge in [-0.05, 0) is 59.1 Å². The van der Waals surface area contributed by atoms with E-state index in [1.165, 1.54) is 97.6 Å². The van der Waals surface area contributed by atoms with E-state index in [0.717, 1.165) is 0 Å². The van der Waals surface area contributed by atoms with E-state index in [4.69, 9.17) is 0 Å². The maximum Gasteiger partial charge on any atom is -0.0103 e. The van der Waals surface area contributed by atoms with Crippen LogP contribution in [0.1, 0.15) is 76.3 Å². The molecule has 3 aromatic rings. The number of hydrogen-bond donors (Lipinski definition) is 0. The largest absolute Gasteiger partial charge is 0.0654 e. The first-order valence-electron chi connectivity index (χ1n) is 12.1. The van der Waals surface area contributed by atoms with E-state index < -0.39 is 0 Å². The molecule has 0 amide bonds. The van der Waals surface area contributed by atoms with Gasteiger partial charge in [0.25, 0.3) is 0 Å². The molecule has 0 N–H and O–H groups in total. The molecule has 158 valence electrons. The van der Waals surface area contributed by atoms with Gasteiger partial charge in [0, 0.05) is 0 Å². The summed E-state index contributed by atoms with van der Waals surface area (Å²) in [6, 6.07) is 27.1. The molecule has 0 heterocycles. The van der Waals surface area contributed by atoms with Crippen molar-refractivity contribution in [2.75, 3.05) is 0 Å². The number of rotatable bonds is 12. The smallest absolute Gasteiger partial charge is 0.0103 e. The molecule has 0 nitrogen and oxygen atoms in total. The van der Waals surface area contributed by atoms with Crippen LogP contribution in [0.2, 0.25) is 0 Å². The molecule has 0 radical (unpaired) electrons. The summed E-state index contributed by atoms with van der Waals surface area (Å²) < 4.78 is 0. The fraction of sp³-hybridized carbons (Fsp3) is 0.400. The second-order valence-electron chi connectivity index (χ2n) is 8.48. The molecule has 0 aliphatic heterocycles. The lowest BCUT2D eigenvalue weighted by molar-refractivity contribution is 0.667. The Balaban J connectivity index is 1.92. The maximum absolute atomic E-state index is 2.33. The van der Waals surface area contributed by atoms with Crippen LogP contribution in [0.5, 0.6) is 0 Å². The third-order valence-corrected chi connectivity index (χ3v) is 6.14. The summed E-state index contributed by atoms with van der Waals surface area (Å²) >= 11 is 0. The van der Waals surface area contributed by atoms with Gasteiger partial charge in [-0.15, -0.1) is 0 Å². The van der Waals surface area contributed by atoms with Crippen molar-refractivity contribution in [1.82, 2.24) is 0 Å². The lowest BCUT2D eigenvalue weighted by Crippen LogP contribution is -1.95. The Kier molecular flexibility index (Phi) is 9.22. The first-order chi connectivity index (χ1) is 14.8. The zero-order valence-corrected chi connectivity index (χ0v) is 19.0. The molecule has 3 rings (SSSR count). The van der Waals surface area contributed by atoms with E-state index in [-0.39, 0.29) is 0 Å². The highest BCUT2D eigenvalue weighted by molar-refractivity contribution is 5.86. The van der Waals surface area contributed by atoms with Crippen molar-refractivity contribution in [3.63, 3.8) is 0 Å². The van der Waals surface area contributed by atoms with Gasteiger partial charge in [0.2, 0.25) is 0 Å². The molecule has 0 bridgehead atoms. The van der Waals surface area contributed by atoms with Crippen LogP contribution < -0.4 is 0 Å². The van der Waals surface area contributed by atoms with Crippen LogP contribution >= 0.6 is 0 Å². The molecule has 0 atom stereocenters. The Morgan fingerprint density at radius 3 is 1.17 bits per heavy atom. The summed E-state index contributed by atoms with van der Waals surface area (Å²) in [5.74, 6) is 0. The molecule has 0 saturated heterocycles. The standard InChI is InChI=1S/C30H38/c1-3-5-7-9-17-25-19-11-13-21-27(25)29-23-15-16-24-30(29)28-22-14-12-20-26(28)18-10-8-6-4-2/h11-16,19-24H,3-10,17-18H2,1-2H3. The van der Waals surface area contributed by atoms with Crippen molar-refractivity contribution < 1.29 is 0 Å². The molecule has 0 spiro atoms. The molecule has 0 saturated carbocycles. The second kappa shape index (κ2) is 12.4. The van der Waals surface area contributed by atoms with Crippen LogP contribution in [-0.4, -0.2) is 0 Å². The molecule has 0 aliphatic carbocycles. The van der Waals surface area contributed by atoms with Gasteiger partial charge in [-0.2, -0.15) is 0 Å².